The summed E-state index contributed by atoms with van der Waals surface area (Å²) in [5, 5.41) is 0.873. The molecule has 0 N–H and O–H groups in total. The number of benzene rings is 1. The molecule has 0 aliphatic heterocycles. The van der Waals surface area contributed by atoms with E-state index in [0.717, 1.165) is 23.0 Å². The Morgan fingerprint density at radius 2 is 2.12 bits per heavy atom. The van der Waals surface area contributed by atoms with Crippen LogP contribution in [0.1, 0.15) is 15.9 Å². The fraction of sp³-hybridized carbons (Fsp3) is 0.417. The van der Waals surface area contributed by atoms with Crippen LogP contribution in [-0.4, -0.2) is 32.5 Å². The summed E-state index contributed by atoms with van der Waals surface area (Å²) < 4.78 is 4.71. The SMILES string of the molecule is COC(=O)c1ccc(N(C)C)c(CCBr)c1. The van der Waals surface area contributed by atoms with Gasteiger partial charge in [-0.1, -0.05) is 15.9 Å². The molecule has 0 fully saturated rings. The topological polar surface area (TPSA) is 29.5 Å². The number of halogens is 1. The molecule has 0 aliphatic rings. The molecular weight excluding hydrogens is 270 g/mol. The molecule has 0 aromatic heterocycles. The van der Waals surface area contributed by atoms with Crippen LogP contribution < -0.4 is 4.90 Å². The Bertz CT molecular complexity index is 377. The average Bonchev–Trinajstić information content (AvgIpc) is 2.28. The summed E-state index contributed by atoms with van der Waals surface area (Å²) in [6.45, 7) is 0. The molecule has 0 atom stereocenters. The predicted molar refractivity (Wildman–Crippen MR) is 69.6 cm³/mol. The molecule has 0 saturated carbocycles. The molecule has 4 heteroatoms. The van der Waals surface area contributed by atoms with E-state index in [0.29, 0.717) is 5.56 Å². The summed E-state index contributed by atoms with van der Waals surface area (Å²) in [7, 11) is 5.38. The minimum atomic E-state index is -0.291. The van der Waals surface area contributed by atoms with Gasteiger partial charge in [-0.3, -0.25) is 0 Å². The smallest absolute Gasteiger partial charge is 0.337 e. The Morgan fingerprint density at radius 3 is 2.62 bits per heavy atom. The second kappa shape index (κ2) is 5.89. The maximum atomic E-state index is 11.4. The fourth-order valence-corrected chi connectivity index (χ4v) is 2.00. The number of hydrogen-bond acceptors (Lipinski definition) is 3. The van der Waals surface area contributed by atoms with Crippen LogP contribution in [0, 0.1) is 0 Å². The molecule has 0 spiro atoms. The summed E-state index contributed by atoms with van der Waals surface area (Å²) in [5.74, 6) is -0.291. The van der Waals surface area contributed by atoms with Gasteiger partial charge in [-0.25, -0.2) is 4.79 Å². The van der Waals surface area contributed by atoms with Gasteiger partial charge in [-0.15, -0.1) is 0 Å². The van der Waals surface area contributed by atoms with Gasteiger partial charge in [-0.2, -0.15) is 0 Å². The molecule has 88 valence electrons. The second-order valence-electron chi connectivity index (χ2n) is 3.67. The minimum Gasteiger partial charge on any atom is -0.465 e. The zero-order chi connectivity index (χ0) is 12.1. The van der Waals surface area contributed by atoms with Crippen molar-refractivity contribution >= 4 is 27.6 Å². The molecule has 0 saturated heterocycles. The van der Waals surface area contributed by atoms with Crippen molar-refractivity contribution in [1.82, 2.24) is 0 Å². The number of aryl methyl sites for hydroxylation is 1. The highest BCUT2D eigenvalue weighted by Gasteiger charge is 2.10. The van der Waals surface area contributed by atoms with Gasteiger partial charge in [0.25, 0.3) is 0 Å². The molecular formula is C12H16BrNO2. The summed E-state index contributed by atoms with van der Waals surface area (Å²) >= 11 is 3.41. The highest BCUT2D eigenvalue weighted by molar-refractivity contribution is 9.09. The van der Waals surface area contributed by atoms with Crippen molar-refractivity contribution in [2.75, 3.05) is 31.4 Å². The van der Waals surface area contributed by atoms with Gasteiger partial charge >= 0.3 is 5.97 Å². The van der Waals surface area contributed by atoms with Crippen LogP contribution >= 0.6 is 15.9 Å². The molecule has 0 heterocycles. The lowest BCUT2D eigenvalue weighted by molar-refractivity contribution is 0.0600. The second-order valence-corrected chi connectivity index (χ2v) is 4.46. The van der Waals surface area contributed by atoms with Crippen molar-refractivity contribution < 1.29 is 9.53 Å². The van der Waals surface area contributed by atoms with Crippen molar-refractivity contribution in [3.8, 4) is 0 Å². The van der Waals surface area contributed by atoms with E-state index in [2.05, 4.69) is 15.9 Å². The first-order chi connectivity index (χ1) is 7.60. The van der Waals surface area contributed by atoms with Crippen LogP contribution in [0.15, 0.2) is 18.2 Å². The number of esters is 1. The number of carbonyl (C=O) groups is 1. The van der Waals surface area contributed by atoms with Crippen LogP contribution in [-0.2, 0) is 11.2 Å². The number of ether oxygens (including phenoxy) is 1. The lowest BCUT2D eigenvalue weighted by Gasteiger charge is -2.17. The molecule has 0 bridgehead atoms. The number of anilines is 1. The maximum absolute atomic E-state index is 11.4. The number of nitrogens with zero attached hydrogens (tertiary/aromatic N) is 1. The predicted octanol–water partition coefficient (Wildman–Crippen LogP) is 2.48. The third-order valence-electron chi connectivity index (χ3n) is 2.35. The molecule has 3 nitrogen and oxygen atoms in total. The largest absolute Gasteiger partial charge is 0.465 e. The number of alkyl halides is 1. The van der Waals surface area contributed by atoms with E-state index in [9.17, 15) is 4.79 Å². The van der Waals surface area contributed by atoms with Crippen LogP contribution in [0.5, 0.6) is 0 Å². The van der Waals surface area contributed by atoms with Crippen LogP contribution in [0.4, 0.5) is 5.69 Å². The molecule has 0 amide bonds. The van der Waals surface area contributed by atoms with Gasteiger partial charge in [0.2, 0.25) is 0 Å². The lowest BCUT2D eigenvalue weighted by Crippen LogP contribution is -2.13. The standard InChI is InChI=1S/C12H16BrNO2/c1-14(2)11-5-4-10(12(15)16-3)8-9(11)6-7-13/h4-5,8H,6-7H2,1-3H3. The third kappa shape index (κ3) is 2.98. The molecule has 16 heavy (non-hydrogen) atoms. The van der Waals surface area contributed by atoms with E-state index in [4.69, 9.17) is 4.74 Å². The van der Waals surface area contributed by atoms with Crippen molar-refractivity contribution in [3.63, 3.8) is 0 Å². The van der Waals surface area contributed by atoms with Crippen molar-refractivity contribution in [2.24, 2.45) is 0 Å². The fourth-order valence-electron chi connectivity index (χ4n) is 1.57. The van der Waals surface area contributed by atoms with Crippen LogP contribution in [0.25, 0.3) is 0 Å². The van der Waals surface area contributed by atoms with Gasteiger partial charge in [0.05, 0.1) is 12.7 Å². The molecule has 1 rings (SSSR count). The quantitative estimate of drug-likeness (QED) is 0.629. The van der Waals surface area contributed by atoms with E-state index < -0.39 is 0 Å². The zero-order valence-electron chi connectivity index (χ0n) is 9.79. The Labute approximate surface area is 105 Å². The first-order valence-electron chi connectivity index (χ1n) is 5.04. The lowest BCUT2D eigenvalue weighted by atomic mass is 10.1. The van der Waals surface area contributed by atoms with E-state index in [1.807, 2.05) is 31.1 Å². The van der Waals surface area contributed by atoms with E-state index in [1.165, 1.54) is 7.11 Å². The van der Waals surface area contributed by atoms with E-state index >= 15 is 0 Å². The average molecular weight is 286 g/mol. The molecule has 1 aromatic rings. The minimum absolute atomic E-state index is 0.291. The number of methoxy groups -OCH3 is 1. The molecule has 0 aliphatic carbocycles. The zero-order valence-corrected chi connectivity index (χ0v) is 11.4. The van der Waals surface area contributed by atoms with Gasteiger partial charge in [0, 0.05) is 25.1 Å². The van der Waals surface area contributed by atoms with Gasteiger partial charge in [0.1, 0.15) is 0 Å². The first-order valence-corrected chi connectivity index (χ1v) is 6.16. The van der Waals surface area contributed by atoms with Crippen LogP contribution in [0.2, 0.25) is 0 Å². The van der Waals surface area contributed by atoms with Crippen LogP contribution in [0.3, 0.4) is 0 Å². The Balaban J connectivity index is 3.11. The summed E-state index contributed by atoms with van der Waals surface area (Å²) in [5.41, 5.74) is 2.88. The van der Waals surface area contributed by atoms with Gasteiger partial charge in [0.15, 0.2) is 0 Å². The van der Waals surface area contributed by atoms with Gasteiger partial charge in [-0.05, 0) is 30.2 Å². The Hall–Kier alpha value is -1.03. The normalized spacial score (nSPS) is 10.0. The highest BCUT2D eigenvalue weighted by Crippen LogP contribution is 2.21. The van der Waals surface area contributed by atoms with Crippen molar-refractivity contribution in [2.45, 2.75) is 6.42 Å². The van der Waals surface area contributed by atoms with E-state index in [-0.39, 0.29) is 5.97 Å². The number of hydrogen-bond donors (Lipinski definition) is 0. The van der Waals surface area contributed by atoms with Crippen molar-refractivity contribution in [3.05, 3.63) is 29.3 Å². The summed E-state index contributed by atoms with van der Waals surface area (Å²) in [4.78, 5) is 13.4. The highest BCUT2D eigenvalue weighted by atomic mass is 79.9. The number of carbonyl (C=O) groups excluding carboxylic acids is 1. The third-order valence-corrected chi connectivity index (χ3v) is 2.74. The number of rotatable bonds is 4. The molecule has 0 radical (unpaired) electrons. The Kier molecular flexibility index (Phi) is 4.80. The summed E-state index contributed by atoms with van der Waals surface area (Å²) in [6, 6.07) is 5.63. The Morgan fingerprint density at radius 1 is 1.44 bits per heavy atom. The molecule has 0 unspecified atom stereocenters. The maximum Gasteiger partial charge on any atom is 0.337 e. The van der Waals surface area contributed by atoms with Gasteiger partial charge < -0.3 is 9.64 Å². The first kappa shape index (κ1) is 13.0. The monoisotopic (exact) mass is 285 g/mol. The van der Waals surface area contributed by atoms with E-state index in [1.54, 1.807) is 6.07 Å². The summed E-state index contributed by atoms with van der Waals surface area (Å²) in [6.07, 6.45) is 0.887. The molecule has 1 aromatic carbocycles. The van der Waals surface area contributed by atoms with Crippen molar-refractivity contribution in [1.29, 1.82) is 0 Å².